The third kappa shape index (κ3) is 6.59. The summed E-state index contributed by atoms with van der Waals surface area (Å²) >= 11 is 0. The van der Waals surface area contributed by atoms with Crippen LogP contribution in [0.1, 0.15) is 58.4 Å². The fraction of sp³-hybridized carbons (Fsp3) is 0.577. The van der Waals surface area contributed by atoms with E-state index in [-0.39, 0.29) is 23.8 Å². The fourth-order valence-electron chi connectivity index (χ4n) is 4.45. The fourth-order valence-corrected chi connectivity index (χ4v) is 4.45. The first-order chi connectivity index (χ1) is 16.3. The predicted molar refractivity (Wildman–Crippen MR) is 132 cm³/mol. The molecule has 186 valence electrons. The molecule has 3 N–H and O–H groups in total. The molecule has 4 atom stereocenters. The van der Waals surface area contributed by atoms with Crippen LogP contribution < -0.4 is 20.7 Å². The molecule has 3 aliphatic heterocycles. The van der Waals surface area contributed by atoms with E-state index in [1.165, 1.54) is 0 Å². The summed E-state index contributed by atoms with van der Waals surface area (Å²) in [5.41, 5.74) is 0.911. The van der Waals surface area contributed by atoms with Crippen LogP contribution in [0, 0.1) is 5.92 Å². The van der Waals surface area contributed by atoms with Crippen molar-refractivity contribution in [2.45, 2.75) is 77.1 Å². The molecule has 0 aliphatic carbocycles. The van der Waals surface area contributed by atoms with Crippen molar-refractivity contribution in [3.05, 3.63) is 36.0 Å². The van der Waals surface area contributed by atoms with Crippen LogP contribution in [0.25, 0.3) is 6.08 Å². The van der Waals surface area contributed by atoms with E-state index in [4.69, 9.17) is 4.74 Å². The van der Waals surface area contributed by atoms with Gasteiger partial charge in [-0.05, 0) is 62.5 Å². The molecule has 0 spiro atoms. The lowest BCUT2D eigenvalue weighted by molar-refractivity contribution is -0.136. The van der Waals surface area contributed by atoms with Crippen molar-refractivity contribution < 1.29 is 19.1 Å². The highest BCUT2D eigenvalue weighted by molar-refractivity contribution is 5.94. The predicted octanol–water partition coefficient (Wildman–Crippen LogP) is 2.44. The number of unbranched alkanes of at least 4 members (excludes halogenated alkanes) is 1. The molecule has 1 saturated heterocycles. The molecule has 2 bridgehead atoms. The summed E-state index contributed by atoms with van der Waals surface area (Å²) in [5.74, 6) is -0.350. The maximum absolute atomic E-state index is 13.6. The molecule has 0 saturated carbocycles. The molecule has 8 nitrogen and oxygen atoms in total. The highest BCUT2D eigenvalue weighted by Gasteiger charge is 2.38. The Morgan fingerprint density at radius 2 is 1.94 bits per heavy atom. The van der Waals surface area contributed by atoms with E-state index in [9.17, 15) is 14.4 Å². The Morgan fingerprint density at radius 1 is 1.21 bits per heavy atom. The topological polar surface area (TPSA) is 99.8 Å². The summed E-state index contributed by atoms with van der Waals surface area (Å²) in [6.07, 6.45) is 6.65. The number of hydrogen-bond donors (Lipinski definition) is 3. The molecule has 3 aliphatic rings. The van der Waals surface area contributed by atoms with Gasteiger partial charge in [-0.15, -0.1) is 0 Å². The number of nitrogens with one attached hydrogen (secondary N) is 3. The molecule has 4 rings (SSSR count). The van der Waals surface area contributed by atoms with Gasteiger partial charge in [0.05, 0.1) is 6.04 Å². The van der Waals surface area contributed by atoms with Crippen LogP contribution in [0.15, 0.2) is 30.5 Å². The van der Waals surface area contributed by atoms with Crippen molar-refractivity contribution in [1.29, 1.82) is 0 Å². The number of ether oxygens (including phenoxy) is 1. The van der Waals surface area contributed by atoms with Crippen LogP contribution >= 0.6 is 0 Å². The van der Waals surface area contributed by atoms with E-state index in [1.54, 1.807) is 12.3 Å². The third-order valence-electron chi connectivity index (χ3n) is 6.52. The molecule has 1 aromatic carbocycles. The second kappa shape index (κ2) is 12.0. The standard InChI is InChI=1S/C26H38N4O4/c1-5-6-8-20-24(31)27-15-14-18-10-12-19(13-11-18)34-23(17(2)3)22(26(33)28-20)29-25(32)21-9-7-16-30(21)4/h10-15,17,20-23H,5-9,16H2,1-4H3,(H,27,31)(H,28,33)(H,29,32)/t20-,21+,22+,23-/m0/s1. The Balaban J connectivity index is 1.95. The number of likely N-dealkylation sites (tertiary alicyclic amines) is 1. The molecule has 0 unspecified atom stereocenters. The minimum Gasteiger partial charge on any atom is -0.487 e. The van der Waals surface area contributed by atoms with Crippen LogP contribution in [0.5, 0.6) is 5.75 Å². The Bertz CT molecular complexity index is 883. The van der Waals surface area contributed by atoms with Gasteiger partial charge in [-0.2, -0.15) is 0 Å². The van der Waals surface area contributed by atoms with Gasteiger partial charge in [0, 0.05) is 6.20 Å². The lowest BCUT2D eigenvalue weighted by Crippen LogP contribution is -2.61. The number of rotatable bonds is 6. The molecule has 0 radical (unpaired) electrons. The van der Waals surface area contributed by atoms with E-state index in [0.29, 0.717) is 12.2 Å². The van der Waals surface area contributed by atoms with Gasteiger partial charge >= 0.3 is 0 Å². The van der Waals surface area contributed by atoms with E-state index >= 15 is 0 Å². The molecular weight excluding hydrogens is 432 g/mol. The van der Waals surface area contributed by atoms with Gasteiger partial charge in [-0.25, -0.2) is 0 Å². The van der Waals surface area contributed by atoms with Crippen molar-refractivity contribution >= 4 is 23.8 Å². The lowest BCUT2D eigenvalue weighted by atomic mass is 9.97. The average molecular weight is 471 g/mol. The molecule has 8 heteroatoms. The zero-order valence-electron chi connectivity index (χ0n) is 20.7. The van der Waals surface area contributed by atoms with E-state index < -0.39 is 24.1 Å². The Labute approximate surface area is 202 Å². The summed E-state index contributed by atoms with van der Waals surface area (Å²) in [4.78, 5) is 41.7. The number of fused-ring (bicyclic) bond motifs is 10. The van der Waals surface area contributed by atoms with Gasteiger partial charge in [-0.3, -0.25) is 19.3 Å². The molecule has 1 aromatic rings. The summed E-state index contributed by atoms with van der Waals surface area (Å²) in [5, 5.41) is 8.65. The summed E-state index contributed by atoms with van der Waals surface area (Å²) in [6, 6.07) is 5.49. The maximum atomic E-state index is 13.6. The third-order valence-corrected chi connectivity index (χ3v) is 6.52. The Hall–Kier alpha value is -2.87. The number of carbonyl (C=O) groups excluding carboxylic acids is 3. The van der Waals surface area contributed by atoms with Crippen molar-refractivity contribution in [3.8, 4) is 5.75 Å². The molecule has 3 amide bonds. The first-order valence-electron chi connectivity index (χ1n) is 12.3. The second-order valence-corrected chi connectivity index (χ2v) is 9.57. The smallest absolute Gasteiger partial charge is 0.247 e. The number of amides is 3. The number of benzene rings is 1. The monoisotopic (exact) mass is 470 g/mol. The highest BCUT2D eigenvalue weighted by Crippen LogP contribution is 2.22. The summed E-state index contributed by atoms with van der Waals surface area (Å²) < 4.78 is 6.28. The van der Waals surface area contributed by atoms with E-state index in [1.807, 2.05) is 57.0 Å². The highest BCUT2D eigenvalue weighted by atomic mass is 16.5. The normalized spacial score (nSPS) is 26.0. The van der Waals surface area contributed by atoms with Gasteiger partial charge < -0.3 is 20.7 Å². The molecular formula is C26H38N4O4. The van der Waals surface area contributed by atoms with Crippen molar-refractivity contribution in [1.82, 2.24) is 20.9 Å². The average Bonchev–Trinajstić information content (AvgIpc) is 3.24. The van der Waals surface area contributed by atoms with Gasteiger partial charge in [0.1, 0.15) is 23.9 Å². The van der Waals surface area contributed by atoms with Crippen LogP contribution in [0.2, 0.25) is 0 Å². The van der Waals surface area contributed by atoms with E-state index in [0.717, 1.165) is 37.8 Å². The number of likely N-dealkylation sites (N-methyl/N-ethyl adjacent to an activating group) is 1. The van der Waals surface area contributed by atoms with E-state index in [2.05, 4.69) is 16.0 Å². The lowest BCUT2D eigenvalue weighted by Gasteiger charge is -2.33. The van der Waals surface area contributed by atoms with Crippen LogP contribution in [0.4, 0.5) is 0 Å². The van der Waals surface area contributed by atoms with Crippen LogP contribution in [0.3, 0.4) is 0 Å². The quantitative estimate of drug-likeness (QED) is 0.593. The van der Waals surface area contributed by atoms with Crippen LogP contribution in [-0.4, -0.2) is 60.4 Å². The van der Waals surface area contributed by atoms with Crippen LogP contribution in [-0.2, 0) is 14.4 Å². The largest absolute Gasteiger partial charge is 0.487 e. The number of nitrogens with zero attached hydrogens (tertiary/aromatic N) is 1. The number of carbonyl (C=O) groups is 3. The minimum atomic E-state index is -0.948. The van der Waals surface area contributed by atoms with Crippen molar-refractivity contribution in [3.63, 3.8) is 0 Å². The molecule has 3 heterocycles. The molecule has 34 heavy (non-hydrogen) atoms. The zero-order chi connectivity index (χ0) is 24.7. The second-order valence-electron chi connectivity index (χ2n) is 9.57. The van der Waals surface area contributed by atoms with Gasteiger partial charge in [0.2, 0.25) is 17.7 Å². The zero-order valence-corrected chi connectivity index (χ0v) is 20.7. The summed E-state index contributed by atoms with van der Waals surface area (Å²) in [6.45, 7) is 6.80. The first kappa shape index (κ1) is 25.7. The molecule has 1 fully saturated rings. The minimum absolute atomic E-state index is 0.0762. The Morgan fingerprint density at radius 3 is 2.56 bits per heavy atom. The molecule has 0 aromatic heterocycles. The first-order valence-corrected chi connectivity index (χ1v) is 12.3. The maximum Gasteiger partial charge on any atom is 0.247 e. The van der Waals surface area contributed by atoms with Crippen molar-refractivity contribution in [2.75, 3.05) is 13.6 Å². The number of hydrogen-bond acceptors (Lipinski definition) is 5. The van der Waals surface area contributed by atoms with Crippen molar-refractivity contribution in [2.24, 2.45) is 5.92 Å². The SMILES string of the molecule is CCCC[C@@H]1NC(=O)[C@H](NC(=O)[C@H]2CCCN2C)[C@H](C(C)C)Oc2ccc(cc2)C=CNC1=O. The van der Waals surface area contributed by atoms with Gasteiger partial charge in [0.25, 0.3) is 0 Å². The Kier molecular flexibility index (Phi) is 9.10. The van der Waals surface area contributed by atoms with Gasteiger partial charge in [-0.1, -0.05) is 45.7 Å². The van der Waals surface area contributed by atoms with Gasteiger partial charge in [0.15, 0.2) is 0 Å². The summed E-state index contributed by atoms with van der Waals surface area (Å²) in [7, 11) is 1.92.